The van der Waals surface area contributed by atoms with E-state index in [2.05, 4.69) is 0 Å². The Morgan fingerprint density at radius 3 is 2.80 bits per heavy atom. The highest BCUT2D eigenvalue weighted by Crippen LogP contribution is 2.54. The Bertz CT molecular complexity index is 415. The average molecular weight is 209 g/mol. The van der Waals surface area contributed by atoms with Crippen molar-refractivity contribution < 1.29 is 13.9 Å². The predicted octanol–water partition coefficient (Wildman–Crippen LogP) is 1.54. The molecule has 3 nitrogen and oxygen atoms in total. The molecule has 15 heavy (non-hydrogen) atoms. The van der Waals surface area contributed by atoms with Gasteiger partial charge in [0, 0.05) is 17.5 Å². The van der Waals surface area contributed by atoms with Crippen molar-refractivity contribution >= 4 is 0 Å². The third-order valence-electron chi connectivity index (χ3n) is 3.26. The fourth-order valence-electron chi connectivity index (χ4n) is 2.15. The summed E-state index contributed by atoms with van der Waals surface area (Å²) in [5.74, 6) is 0.950. The molecule has 80 valence electrons. The van der Waals surface area contributed by atoms with Crippen molar-refractivity contribution in [2.45, 2.75) is 18.3 Å². The van der Waals surface area contributed by atoms with Gasteiger partial charge >= 0.3 is 0 Å². The Labute approximate surface area is 87.0 Å². The monoisotopic (exact) mass is 209 g/mol. The van der Waals surface area contributed by atoms with E-state index in [9.17, 15) is 4.39 Å². The highest BCUT2D eigenvalue weighted by atomic mass is 19.1. The number of benzene rings is 1. The first kappa shape index (κ1) is 8.97. The molecule has 3 rings (SSSR count). The summed E-state index contributed by atoms with van der Waals surface area (Å²) >= 11 is 0. The molecular weight excluding hydrogens is 197 g/mol. The minimum Gasteiger partial charge on any atom is -0.454 e. The Balaban J connectivity index is 2.17. The second kappa shape index (κ2) is 2.85. The summed E-state index contributed by atoms with van der Waals surface area (Å²) < 4.78 is 24.3. The average Bonchev–Trinajstić information content (AvgIpc) is 2.88. The fraction of sp³-hybridized carbons (Fsp3) is 0.455. The van der Waals surface area contributed by atoms with E-state index >= 15 is 0 Å². The van der Waals surface area contributed by atoms with Gasteiger partial charge in [0.1, 0.15) is 5.82 Å². The Hall–Kier alpha value is -1.29. The van der Waals surface area contributed by atoms with Crippen molar-refractivity contribution in [3.05, 3.63) is 23.5 Å². The van der Waals surface area contributed by atoms with Crippen molar-refractivity contribution in [3.63, 3.8) is 0 Å². The third-order valence-corrected chi connectivity index (χ3v) is 3.26. The van der Waals surface area contributed by atoms with Gasteiger partial charge in [-0.05, 0) is 25.0 Å². The predicted molar refractivity (Wildman–Crippen MR) is 52.5 cm³/mol. The van der Waals surface area contributed by atoms with Crippen molar-refractivity contribution in [1.82, 2.24) is 0 Å². The topological polar surface area (TPSA) is 44.5 Å². The van der Waals surface area contributed by atoms with Crippen LogP contribution in [0.25, 0.3) is 0 Å². The van der Waals surface area contributed by atoms with E-state index in [0.29, 0.717) is 23.6 Å². The van der Waals surface area contributed by atoms with Gasteiger partial charge in [0.2, 0.25) is 6.79 Å². The van der Waals surface area contributed by atoms with Gasteiger partial charge in [0.05, 0.1) is 0 Å². The molecule has 0 bridgehead atoms. The largest absolute Gasteiger partial charge is 0.454 e. The zero-order chi connectivity index (χ0) is 10.5. The van der Waals surface area contributed by atoms with E-state index < -0.39 is 0 Å². The maximum Gasteiger partial charge on any atom is 0.231 e. The molecule has 1 heterocycles. The molecule has 0 unspecified atom stereocenters. The van der Waals surface area contributed by atoms with Crippen molar-refractivity contribution in [2.75, 3.05) is 13.3 Å². The van der Waals surface area contributed by atoms with E-state index in [1.165, 1.54) is 6.07 Å². The van der Waals surface area contributed by atoms with Crippen LogP contribution in [0.1, 0.15) is 18.4 Å². The van der Waals surface area contributed by atoms with Gasteiger partial charge in [-0.2, -0.15) is 0 Å². The fourth-order valence-corrected chi connectivity index (χ4v) is 2.15. The molecule has 2 N–H and O–H groups in total. The molecule has 0 saturated heterocycles. The number of nitrogens with two attached hydrogens (primary N) is 1. The van der Waals surface area contributed by atoms with Crippen LogP contribution in [-0.2, 0) is 5.41 Å². The summed E-state index contributed by atoms with van der Waals surface area (Å²) in [4.78, 5) is 0. The minimum absolute atomic E-state index is 0.173. The number of rotatable bonds is 2. The number of halogens is 1. The van der Waals surface area contributed by atoms with Crippen LogP contribution in [0.3, 0.4) is 0 Å². The molecule has 1 aromatic rings. The first-order valence-electron chi connectivity index (χ1n) is 5.05. The summed E-state index contributed by atoms with van der Waals surface area (Å²) in [6, 6.07) is 3.03. The molecule has 0 radical (unpaired) electrons. The number of fused-ring (bicyclic) bond motifs is 1. The zero-order valence-electron chi connectivity index (χ0n) is 8.25. The van der Waals surface area contributed by atoms with E-state index in [1.807, 2.05) is 0 Å². The molecule has 1 fully saturated rings. The molecule has 2 aliphatic rings. The number of ether oxygens (including phenoxy) is 2. The second-order valence-electron chi connectivity index (χ2n) is 4.14. The third kappa shape index (κ3) is 1.14. The first-order valence-corrected chi connectivity index (χ1v) is 5.05. The molecule has 1 aromatic carbocycles. The summed E-state index contributed by atoms with van der Waals surface area (Å²) in [5, 5.41) is 0. The molecule has 4 heteroatoms. The standard InChI is InChI=1S/C11H12FNO2/c12-7-1-2-8-10(15-6-14-8)9(7)11(5-13)3-4-11/h1-2H,3-6,13H2. The molecular formula is C11H12FNO2. The lowest BCUT2D eigenvalue weighted by molar-refractivity contribution is 0.172. The normalized spacial score (nSPS) is 20.4. The van der Waals surface area contributed by atoms with Crippen LogP contribution >= 0.6 is 0 Å². The summed E-state index contributed by atoms with van der Waals surface area (Å²) in [6.07, 6.45) is 1.86. The van der Waals surface area contributed by atoms with Crippen LogP contribution in [-0.4, -0.2) is 13.3 Å². The van der Waals surface area contributed by atoms with Gasteiger partial charge < -0.3 is 15.2 Å². The highest BCUT2D eigenvalue weighted by molar-refractivity contribution is 5.54. The van der Waals surface area contributed by atoms with Gasteiger partial charge in [-0.25, -0.2) is 4.39 Å². The highest BCUT2D eigenvalue weighted by Gasteiger charge is 2.48. The first-order chi connectivity index (χ1) is 7.27. The maximum atomic E-state index is 13.8. The van der Waals surface area contributed by atoms with Crippen LogP contribution < -0.4 is 15.2 Å². The quantitative estimate of drug-likeness (QED) is 0.803. The number of hydrogen-bond acceptors (Lipinski definition) is 3. The van der Waals surface area contributed by atoms with E-state index in [1.54, 1.807) is 6.07 Å². The van der Waals surface area contributed by atoms with Crippen LogP contribution in [0.5, 0.6) is 11.5 Å². The molecule has 1 saturated carbocycles. The van der Waals surface area contributed by atoms with Gasteiger partial charge in [-0.15, -0.1) is 0 Å². The SMILES string of the molecule is NCC1(c2c(F)ccc3c2OCO3)CC1. The Morgan fingerprint density at radius 2 is 2.13 bits per heavy atom. The molecule has 1 aliphatic heterocycles. The van der Waals surface area contributed by atoms with Gasteiger partial charge in [0.25, 0.3) is 0 Å². The lowest BCUT2D eigenvalue weighted by atomic mass is 9.94. The smallest absolute Gasteiger partial charge is 0.231 e. The Kier molecular flexibility index (Phi) is 1.71. The van der Waals surface area contributed by atoms with Crippen molar-refractivity contribution in [1.29, 1.82) is 0 Å². The van der Waals surface area contributed by atoms with Crippen molar-refractivity contribution in [2.24, 2.45) is 5.73 Å². The van der Waals surface area contributed by atoms with Gasteiger partial charge in [-0.1, -0.05) is 0 Å². The summed E-state index contributed by atoms with van der Waals surface area (Å²) in [7, 11) is 0. The lowest BCUT2D eigenvalue weighted by Gasteiger charge is -2.15. The minimum atomic E-state index is -0.234. The van der Waals surface area contributed by atoms with Crippen molar-refractivity contribution in [3.8, 4) is 11.5 Å². The van der Waals surface area contributed by atoms with Gasteiger partial charge in [-0.3, -0.25) is 0 Å². The van der Waals surface area contributed by atoms with E-state index in [4.69, 9.17) is 15.2 Å². The summed E-state index contributed by atoms with van der Waals surface area (Å²) in [5.41, 5.74) is 6.11. The van der Waals surface area contributed by atoms with E-state index in [-0.39, 0.29) is 18.0 Å². The van der Waals surface area contributed by atoms with Crippen LogP contribution in [0, 0.1) is 5.82 Å². The second-order valence-corrected chi connectivity index (χ2v) is 4.14. The molecule has 0 amide bonds. The van der Waals surface area contributed by atoms with Crippen LogP contribution in [0.4, 0.5) is 4.39 Å². The van der Waals surface area contributed by atoms with E-state index in [0.717, 1.165) is 12.8 Å². The molecule has 0 spiro atoms. The number of hydrogen-bond donors (Lipinski definition) is 1. The lowest BCUT2D eigenvalue weighted by Crippen LogP contribution is -2.21. The molecule has 0 atom stereocenters. The zero-order valence-corrected chi connectivity index (χ0v) is 8.25. The van der Waals surface area contributed by atoms with Crippen LogP contribution in [0.15, 0.2) is 12.1 Å². The Morgan fingerprint density at radius 1 is 1.33 bits per heavy atom. The molecule has 0 aromatic heterocycles. The maximum absolute atomic E-state index is 13.8. The van der Waals surface area contributed by atoms with Crippen LogP contribution in [0.2, 0.25) is 0 Å². The van der Waals surface area contributed by atoms with Gasteiger partial charge in [0.15, 0.2) is 11.5 Å². The molecule has 1 aliphatic carbocycles. The summed E-state index contributed by atoms with van der Waals surface area (Å²) in [6.45, 7) is 0.635.